The molecule has 1 aliphatic heterocycles. The minimum Gasteiger partial charge on any atom is -0.460 e. The normalized spacial score (nSPS) is 14.3. The van der Waals surface area contributed by atoms with Gasteiger partial charge in [-0.25, -0.2) is 9.97 Å². The summed E-state index contributed by atoms with van der Waals surface area (Å²) >= 11 is 12.1. The van der Waals surface area contributed by atoms with Crippen molar-refractivity contribution in [1.29, 1.82) is 0 Å². The Kier molecular flexibility index (Phi) is 6.10. The molecular formula is C25H18Cl2F3N3O. The van der Waals surface area contributed by atoms with Crippen molar-refractivity contribution in [3.05, 3.63) is 93.4 Å². The third-order valence-electron chi connectivity index (χ3n) is 5.73. The zero-order valence-electron chi connectivity index (χ0n) is 17.7. The quantitative estimate of drug-likeness (QED) is 0.293. The molecule has 34 heavy (non-hydrogen) atoms. The van der Waals surface area contributed by atoms with E-state index in [9.17, 15) is 13.2 Å². The maximum absolute atomic E-state index is 12.8. The lowest BCUT2D eigenvalue weighted by atomic mass is 10.1. The number of alkyl halides is 3. The monoisotopic (exact) mass is 503 g/mol. The van der Waals surface area contributed by atoms with Crippen LogP contribution in [0.25, 0.3) is 22.7 Å². The Labute approximate surface area is 204 Å². The van der Waals surface area contributed by atoms with Gasteiger partial charge in [-0.2, -0.15) is 13.2 Å². The molecule has 0 amide bonds. The second-order valence-electron chi connectivity index (χ2n) is 8.10. The van der Waals surface area contributed by atoms with Crippen molar-refractivity contribution in [1.82, 2.24) is 14.9 Å². The van der Waals surface area contributed by atoms with Crippen molar-refractivity contribution >= 4 is 23.2 Å². The highest BCUT2D eigenvalue weighted by molar-refractivity contribution is 6.42. The second-order valence-corrected chi connectivity index (χ2v) is 8.91. The number of rotatable bonds is 4. The van der Waals surface area contributed by atoms with Crippen LogP contribution in [0.15, 0.2) is 65.2 Å². The number of hydrogen-bond donors (Lipinski definition) is 0. The van der Waals surface area contributed by atoms with Crippen molar-refractivity contribution in [3.63, 3.8) is 0 Å². The summed E-state index contributed by atoms with van der Waals surface area (Å²) in [5.41, 5.74) is 2.64. The largest absolute Gasteiger partial charge is 0.460 e. The van der Waals surface area contributed by atoms with Crippen LogP contribution in [0, 0.1) is 0 Å². The first-order valence-corrected chi connectivity index (χ1v) is 11.3. The summed E-state index contributed by atoms with van der Waals surface area (Å²) in [4.78, 5) is 11.2. The molecule has 0 unspecified atom stereocenters. The molecule has 4 aromatic rings. The number of hydrogen-bond acceptors (Lipinski definition) is 4. The first kappa shape index (κ1) is 22.9. The van der Waals surface area contributed by atoms with E-state index in [-0.39, 0.29) is 0 Å². The fourth-order valence-electron chi connectivity index (χ4n) is 3.94. The van der Waals surface area contributed by atoms with Gasteiger partial charge in [0, 0.05) is 42.4 Å². The minimum absolute atomic E-state index is 0.429. The average Bonchev–Trinajstić information content (AvgIpc) is 3.28. The molecule has 0 N–H and O–H groups in total. The molecule has 0 aliphatic carbocycles. The Morgan fingerprint density at radius 1 is 0.941 bits per heavy atom. The number of benzene rings is 2. The Bertz CT molecular complexity index is 1340. The fraction of sp³-hybridized carbons (Fsp3) is 0.200. The molecule has 2 aromatic heterocycles. The van der Waals surface area contributed by atoms with Gasteiger partial charge in [0.15, 0.2) is 5.82 Å². The number of furan rings is 1. The van der Waals surface area contributed by atoms with E-state index in [4.69, 9.17) is 27.6 Å². The smallest absolute Gasteiger partial charge is 0.416 e. The lowest BCUT2D eigenvalue weighted by Gasteiger charge is -2.27. The van der Waals surface area contributed by atoms with Gasteiger partial charge in [-0.05, 0) is 42.5 Å². The molecule has 0 bridgehead atoms. The highest BCUT2D eigenvalue weighted by Crippen LogP contribution is 2.32. The summed E-state index contributed by atoms with van der Waals surface area (Å²) < 4.78 is 44.4. The molecule has 0 spiro atoms. The number of fused-ring (bicyclic) bond motifs is 1. The molecule has 0 saturated carbocycles. The van der Waals surface area contributed by atoms with Gasteiger partial charge in [-0.3, -0.25) is 4.90 Å². The Hall–Kier alpha value is -2.87. The maximum atomic E-state index is 12.8. The van der Waals surface area contributed by atoms with E-state index in [0.717, 1.165) is 47.0 Å². The van der Waals surface area contributed by atoms with E-state index in [0.29, 0.717) is 40.9 Å². The predicted molar refractivity (Wildman–Crippen MR) is 124 cm³/mol. The molecule has 0 atom stereocenters. The van der Waals surface area contributed by atoms with Crippen LogP contribution in [-0.2, 0) is 25.7 Å². The van der Waals surface area contributed by atoms with Gasteiger partial charge in [0.1, 0.15) is 11.5 Å². The fourth-order valence-corrected chi connectivity index (χ4v) is 4.24. The zero-order chi connectivity index (χ0) is 23.9. The molecule has 0 radical (unpaired) electrons. The van der Waals surface area contributed by atoms with Gasteiger partial charge < -0.3 is 4.42 Å². The number of halogens is 5. The van der Waals surface area contributed by atoms with Crippen LogP contribution in [0.1, 0.15) is 22.6 Å². The predicted octanol–water partition coefficient (Wildman–Crippen LogP) is 7.29. The Morgan fingerprint density at radius 2 is 1.71 bits per heavy atom. The number of nitrogens with zero attached hydrogens (tertiary/aromatic N) is 3. The van der Waals surface area contributed by atoms with E-state index in [1.165, 1.54) is 12.1 Å². The van der Waals surface area contributed by atoms with Gasteiger partial charge in [0.05, 0.1) is 27.8 Å². The van der Waals surface area contributed by atoms with E-state index in [1.807, 2.05) is 18.2 Å². The van der Waals surface area contributed by atoms with Crippen molar-refractivity contribution in [2.24, 2.45) is 0 Å². The summed E-state index contributed by atoms with van der Waals surface area (Å²) in [6.07, 6.45) is -1.90. The Balaban J connectivity index is 1.27. The lowest BCUT2D eigenvalue weighted by Crippen LogP contribution is -2.30. The summed E-state index contributed by atoms with van der Waals surface area (Å²) in [5, 5.41) is 0.966. The molecule has 3 heterocycles. The van der Waals surface area contributed by atoms with Crippen LogP contribution < -0.4 is 0 Å². The maximum Gasteiger partial charge on any atom is 0.416 e. The number of aromatic nitrogens is 2. The van der Waals surface area contributed by atoms with Gasteiger partial charge in [0.25, 0.3) is 0 Å². The molecule has 5 rings (SSSR count). The van der Waals surface area contributed by atoms with Crippen molar-refractivity contribution in [3.8, 4) is 22.7 Å². The van der Waals surface area contributed by atoms with Crippen LogP contribution in [0.3, 0.4) is 0 Å². The van der Waals surface area contributed by atoms with Crippen LogP contribution in [-0.4, -0.2) is 21.4 Å². The molecule has 9 heteroatoms. The third-order valence-corrected chi connectivity index (χ3v) is 6.47. The molecule has 4 nitrogen and oxygen atoms in total. The average molecular weight is 504 g/mol. The summed E-state index contributed by atoms with van der Waals surface area (Å²) in [6, 6.07) is 14.1. The topological polar surface area (TPSA) is 42.2 Å². The molecule has 1 aliphatic rings. The molecule has 2 aromatic carbocycles. The van der Waals surface area contributed by atoms with Gasteiger partial charge in [-0.15, -0.1) is 0 Å². The summed E-state index contributed by atoms with van der Waals surface area (Å²) in [5.74, 6) is 1.97. The third kappa shape index (κ3) is 4.82. The van der Waals surface area contributed by atoms with Gasteiger partial charge in [0.2, 0.25) is 0 Å². The van der Waals surface area contributed by atoms with E-state index in [1.54, 1.807) is 18.3 Å². The molecule has 174 valence electrons. The van der Waals surface area contributed by atoms with E-state index < -0.39 is 11.7 Å². The van der Waals surface area contributed by atoms with Gasteiger partial charge in [-0.1, -0.05) is 35.3 Å². The highest BCUT2D eigenvalue weighted by atomic mass is 35.5. The van der Waals surface area contributed by atoms with Crippen LogP contribution in [0.5, 0.6) is 0 Å². The van der Waals surface area contributed by atoms with Crippen molar-refractivity contribution in [2.75, 3.05) is 6.54 Å². The van der Waals surface area contributed by atoms with Crippen molar-refractivity contribution < 1.29 is 17.6 Å². The SMILES string of the molecule is FC(F)(F)c1ccc(-c2ncc3c(n2)CCN(Cc2ccc(-c4ccc(Cl)c(Cl)c4)o2)C3)cc1. The molecule has 0 saturated heterocycles. The van der Waals surface area contributed by atoms with Crippen LogP contribution >= 0.6 is 23.2 Å². The molecule has 0 fully saturated rings. The molecular weight excluding hydrogens is 486 g/mol. The zero-order valence-corrected chi connectivity index (χ0v) is 19.3. The second kappa shape index (κ2) is 9.06. The first-order valence-electron chi connectivity index (χ1n) is 10.6. The van der Waals surface area contributed by atoms with Gasteiger partial charge >= 0.3 is 6.18 Å². The highest BCUT2D eigenvalue weighted by Gasteiger charge is 2.30. The minimum atomic E-state index is -4.37. The summed E-state index contributed by atoms with van der Waals surface area (Å²) in [7, 11) is 0. The van der Waals surface area contributed by atoms with Crippen molar-refractivity contribution in [2.45, 2.75) is 25.7 Å². The first-order chi connectivity index (χ1) is 16.3. The standard InChI is InChI=1S/C25H18Cl2F3N3O/c26-20-7-3-16(11-21(20)27)23-8-6-19(34-23)14-33-10-9-22-17(13-33)12-31-24(32-22)15-1-4-18(5-2-15)25(28,29)30/h1-8,11-12H,9-10,13-14H2. The summed E-state index contributed by atoms with van der Waals surface area (Å²) in [6.45, 7) is 2.06. The van der Waals surface area contributed by atoms with Crippen LogP contribution in [0.4, 0.5) is 13.2 Å². The Morgan fingerprint density at radius 3 is 2.44 bits per heavy atom. The lowest BCUT2D eigenvalue weighted by molar-refractivity contribution is -0.137. The van der Waals surface area contributed by atoms with E-state index in [2.05, 4.69) is 14.9 Å². The van der Waals surface area contributed by atoms with E-state index >= 15 is 0 Å². The van der Waals surface area contributed by atoms with Crippen LogP contribution in [0.2, 0.25) is 10.0 Å².